The fourth-order valence-electron chi connectivity index (χ4n) is 1.24. The molecule has 0 atom stereocenters. The lowest BCUT2D eigenvalue weighted by atomic mass is 10.3. The number of hydrogen-bond acceptors (Lipinski definition) is 6. The maximum absolute atomic E-state index is 11.6. The van der Waals surface area contributed by atoms with Crippen LogP contribution in [0.25, 0.3) is 0 Å². The van der Waals surface area contributed by atoms with Gasteiger partial charge in [0.1, 0.15) is 11.5 Å². The molecule has 108 valence electrons. The highest BCUT2D eigenvalue weighted by Crippen LogP contribution is 2.20. The van der Waals surface area contributed by atoms with E-state index in [0.717, 1.165) is 0 Å². The Hall–Kier alpha value is -1.89. The van der Waals surface area contributed by atoms with E-state index in [2.05, 4.69) is 26.2 Å². The number of rotatable bonds is 6. The standard InChI is InChI=1S/C13H15BrN2O4/c1-3-20-13(18)12(11(17)8-14)16-15-9-4-6-10(19-2)7-5-9/h4-7,17H,3,8H2,1-2H3. The van der Waals surface area contributed by atoms with E-state index in [1.54, 1.807) is 38.3 Å². The van der Waals surface area contributed by atoms with E-state index < -0.39 is 5.97 Å². The molecule has 0 saturated carbocycles. The molecule has 1 N–H and O–H groups in total. The number of hydrogen-bond donors (Lipinski definition) is 1. The summed E-state index contributed by atoms with van der Waals surface area (Å²) in [5.41, 5.74) is 0.300. The Labute approximate surface area is 125 Å². The third kappa shape index (κ3) is 4.65. The van der Waals surface area contributed by atoms with Gasteiger partial charge in [-0.25, -0.2) is 4.79 Å². The molecule has 0 saturated heterocycles. The van der Waals surface area contributed by atoms with Crippen molar-refractivity contribution in [1.29, 1.82) is 0 Å². The van der Waals surface area contributed by atoms with Crippen LogP contribution in [0.5, 0.6) is 5.75 Å². The highest BCUT2D eigenvalue weighted by molar-refractivity contribution is 9.09. The zero-order chi connectivity index (χ0) is 15.0. The zero-order valence-corrected chi connectivity index (χ0v) is 12.8. The molecule has 1 rings (SSSR count). The number of carbonyl (C=O) groups excluding carboxylic acids is 1. The Balaban J connectivity index is 2.94. The smallest absolute Gasteiger partial charge is 0.362 e. The van der Waals surface area contributed by atoms with Gasteiger partial charge in [0.15, 0.2) is 0 Å². The second-order valence-electron chi connectivity index (χ2n) is 3.55. The number of halogens is 1. The normalized spacial score (nSPS) is 12.2. The van der Waals surface area contributed by atoms with Gasteiger partial charge in [-0.2, -0.15) is 5.11 Å². The number of benzene rings is 1. The Morgan fingerprint density at radius 2 is 2.00 bits per heavy atom. The molecule has 20 heavy (non-hydrogen) atoms. The van der Waals surface area contributed by atoms with Gasteiger partial charge in [-0.1, -0.05) is 15.9 Å². The fraction of sp³-hybridized carbons (Fsp3) is 0.308. The lowest BCUT2D eigenvalue weighted by Crippen LogP contribution is -2.09. The van der Waals surface area contributed by atoms with Crippen molar-refractivity contribution in [3.05, 3.63) is 35.7 Å². The molecule has 7 heteroatoms. The molecule has 0 heterocycles. The van der Waals surface area contributed by atoms with Gasteiger partial charge in [0, 0.05) is 0 Å². The molecule has 1 aromatic carbocycles. The van der Waals surface area contributed by atoms with Crippen LogP contribution in [0.15, 0.2) is 46.0 Å². The van der Waals surface area contributed by atoms with Crippen LogP contribution in [0.1, 0.15) is 6.92 Å². The third-order valence-electron chi connectivity index (χ3n) is 2.21. The summed E-state index contributed by atoms with van der Waals surface area (Å²) in [6.07, 6.45) is 0. The topological polar surface area (TPSA) is 80.5 Å². The molecular weight excluding hydrogens is 328 g/mol. The van der Waals surface area contributed by atoms with Crippen molar-refractivity contribution < 1.29 is 19.4 Å². The molecule has 0 aliphatic carbocycles. The molecule has 0 radical (unpaired) electrons. The fourth-order valence-corrected chi connectivity index (χ4v) is 1.50. The number of aliphatic hydroxyl groups excluding tert-OH is 1. The van der Waals surface area contributed by atoms with Crippen molar-refractivity contribution in [1.82, 2.24) is 0 Å². The largest absolute Gasteiger partial charge is 0.509 e. The molecule has 6 nitrogen and oxygen atoms in total. The van der Waals surface area contributed by atoms with E-state index >= 15 is 0 Å². The lowest BCUT2D eigenvalue weighted by Gasteiger charge is -2.03. The summed E-state index contributed by atoms with van der Waals surface area (Å²) in [6.45, 7) is 1.86. The molecular formula is C13H15BrN2O4. The van der Waals surface area contributed by atoms with Crippen molar-refractivity contribution in [3.8, 4) is 5.75 Å². The minimum absolute atomic E-state index is 0.0861. The Morgan fingerprint density at radius 3 is 2.50 bits per heavy atom. The minimum atomic E-state index is -0.721. The third-order valence-corrected chi connectivity index (χ3v) is 2.74. The summed E-state index contributed by atoms with van der Waals surface area (Å²) in [7, 11) is 1.56. The molecule has 0 unspecified atom stereocenters. The minimum Gasteiger partial charge on any atom is -0.509 e. The average Bonchev–Trinajstić information content (AvgIpc) is 2.48. The Bertz CT molecular complexity index is 512. The van der Waals surface area contributed by atoms with Crippen molar-refractivity contribution in [3.63, 3.8) is 0 Å². The van der Waals surface area contributed by atoms with E-state index in [9.17, 15) is 9.90 Å². The van der Waals surface area contributed by atoms with Crippen LogP contribution in [-0.2, 0) is 9.53 Å². The molecule has 0 aromatic heterocycles. The highest BCUT2D eigenvalue weighted by Gasteiger charge is 2.15. The van der Waals surface area contributed by atoms with Crippen LogP contribution in [0.4, 0.5) is 5.69 Å². The molecule has 0 aliphatic heterocycles. The van der Waals surface area contributed by atoms with Crippen molar-refractivity contribution in [2.24, 2.45) is 10.2 Å². The van der Waals surface area contributed by atoms with Crippen molar-refractivity contribution in [2.45, 2.75) is 6.92 Å². The van der Waals surface area contributed by atoms with E-state index in [-0.39, 0.29) is 23.4 Å². The predicted octanol–water partition coefficient (Wildman–Crippen LogP) is 3.51. The van der Waals surface area contributed by atoms with Crippen LogP contribution >= 0.6 is 15.9 Å². The van der Waals surface area contributed by atoms with Crippen molar-refractivity contribution in [2.75, 3.05) is 19.0 Å². The summed E-state index contributed by atoms with van der Waals surface area (Å²) in [4.78, 5) is 11.6. The number of nitrogens with zero attached hydrogens (tertiary/aromatic N) is 2. The zero-order valence-electron chi connectivity index (χ0n) is 11.2. The molecule has 0 spiro atoms. The quantitative estimate of drug-likeness (QED) is 0.282. The van der Waals surface area contributed by atoms with Crippen LogP contribution in [-0.4, -0.2) is 30.1 Å². The first-order chi connectivity index (χ1) is 9.62. The maximum atomic E-state index is 11.6. The first-order valence-corrected chi connectivity index (χ1v) is 6.95. The SMILES string of the molecule is CCOC(=O)C(N=Nc1ccc(OC)cc1)=C(O)CBr. The van der Waals surface area contributed by atoms with Gasteiger partial charge >= 0.3 is 5.97 Å². The van der Waals surface area contributed by atoms with Crippen molar-refractivity contribution >= 4 is 27.6 Å². The number of aliphatic hydroxyl groups is 1. The van der Waals surface area contributed by atoms with Gasteiger partial charge in [-0.3, -0.25) is 0 Å². The molecule has 0 aliphatic rings. The number of ether oxygens (including phenoxy) is 2. The van der Waals surface area contributed by atoms with E-state index in [4.69, 9.17) is 9.47 Å². The summed E-state index contributed by atoms with van der Waals surface area (Å²) in [5.74, 6) is -0.268. The number of allylic oxidation sites excluding steroid dienone is 1. The van der Waals surface area contributed by atoms with Gasteiger partial charge in [-0.15, -0.1) is 5.11 Å². The first kappa shape index (κ1) is 16.2. The molecule has 1 aromatic rings. The Kier molecular flexibility index (Phi) is 6.72. The van der Waals surface area contributed by atoms with Gasteiger partial charge in [0.25, 0.3) is 0 Å². The lowest BCUT2D eigenvalue weighted by molar-refractivity contribution is -0.138. The van der Waals surface area contributed by atoms with Gasteiger partial charge in [0.05, 0.1) is 24.7 Å². The summed E-state index contributed by atoms with van der Waals surface area (Å²) in [6, 6.07) is 6.78. The van der Waals surface area contributed by atoms with Crippen LogP contribution in [0, 0.1) is 0 Å². The molecule has 0 bridgehead atoms. The summed E-state index contributed by atoms with van der Waals surface area (Å²) in [5, 5.41) is 17.4. The van der Waals surface area contributed by atoms with Crippen LogP contribution in [0.3, 0.4) is 0 Å². The summed E-state index contributed by atoms with van der Waals surface area (Å²) < 4.78 is 9.82. The number of azo groups is 1. The first-order valence-electron chi connectivity index (χ1n) is 5.83. The predicted molar refractivity (Wildman–Crippen MR) is 77.6 cm³/mol. The van der Waals surface area contributed by atoms with E-state index in [1.807, 2.05) is 0 Å². The van der Waals surface area contributed by atoms with Gasteiger partial charge in [-0.05, 0) is 31.2 Å². The van der Waals surface area contributed by atoms with E-state index in [1.165, 1.54) is 0 Å². The van der Waals surface area contributed by atoms with Crippen LogP contribution in [0.2, 0.25) is 0 Å². The average molecular weight is 343 g/mol. The maximum Gasteiger partial charge on any atom is 0.362 e. The second kappa shape index (κ2) is 8.31. The Morgan fingerprint density at radius 1 is 1.35 bits per heavy atom. The number of methoxy groups -OCH3 is 1. The number of carbonyl (C=O) groups is 1. The molecule has 0 fully saturated rings. The monoisotopic (exact) mass is 342 g/mol. The number of esters is 1. The number of alkyl halides is 1. The van der Waals surface area contributed by atoms with Gasteiger partial charge < -0.3 is 14.6 Å². The summed E-state index contributed by atoms with van der Waals surface area (Å²) >= 11 is 3.05. The highest BCUT2D eigenvalue weighted by atomic mass is 79.9. The molecule has 0 amide bonds. The second-order valence-corrected chi connectivity index (χ2v) is 4.11. The van der Waals surface area contributed by atoms with E-state index in [0.29, 0.717) is 11.4 Å². The van der Waals surface area contributed by atoms with Gasteiger partial charge in [0.2, 0.25) is 5.70 Å². The van der Waals surface area contributed by atoms with Crippen LogP contribution < -0.4 is 4.74 Å².